The van der Waals surface area contributed by atoms with Gasteiger partial charge in [0.2, 0.25) is 0 Å². The largest absolute Gasteiger partial charge is 0.299 e. The summed E-state index contributed by atoms with van der Waals surface area (Å²) in [6, 6.07) is 16.3. The normalized spacial score (nSPS) is 25.2. The smallest absolute Gasteiger partial charge is 0.140 e. The Morgan fingerprint density at radius 1 is 1.10 bits per heavy atom. The summed E-state index contributed by atoms with van der Waals surface area (Å²) in [7, 11) is 0. The summed E-state index contributed by atoms with van der Waals surface area (Å²) in [5.74, 6) is 0.721. The van der Waals surface area contributed by atoms with Gasteiger partial charge in [-0.3, -0.25) is 9.78 Å². The number of hydrogen-bond donors (Lipinski definition) is 0. The third-order valence-electron chi connectivity index (χ3n) is 7.50. The Kier molecular flexibility index (Phi) is 5.06. The number of hydrogen-bond acceptors (Lipinski definition) is 3. The molecule has 2 aromatic carbocycles. The number of nitrogens with zero attached hydrogens (tertiary/aromatic N) is 2. The molecule has 1 aromatic heterocycles. The molecule has 1 spiro atoms. The van der Waals surface area contributed by atoms with E-state index in [0.29, 0.717) is 29.1 Å². The molecule has 0 saturated heterocycles. The zero-order valence-electron chi connectivity index (χ0n) is 17.5. The molecule has 3 nitrogen and oxygen atoms in total. The number of aromatic nitrogens is 1. The number of carbonyl (C=O) groups excluding carboxylic acids is 1. The molecule has 2 aliphatic carbocycles. The van der Waals surface area contributed by atoms with Gasteiger partial charge in [-0.05, 0) is 97.4 Å². The lowest BCUT2D eigenvalue weighted by Crippen LogP contribution is -2.43. The number of halogens is 1. The highest BCUT2D eigenvalue weighted by molar-refractivity contribution is 5.84. The van der Waals surface area contributed by atoms with Crippen molar-refractivity contribution in [2.24, 2.45) is 11.3 Å². The zero-order valence-corrected chi connectivity index (χ0v) is 17.5. The Labute approximate surface area is 181 Å². The second kappa shape index (κ2) is 7.89. The number of fused-ring (bicyclic) bond motifs is 1. The summed E-state index contributed by atoms with van der Waals surface area (Å²) in [5.41, 5.74) is 4.00. The molecule has 0 unspecified atom stereocenters. The summed E-state index contributed by atoms with van der Waals surface area (Å²) in [4.78, 5) is 17.1. The van der Waals surface area contributed by atoms with Gasteiger partial charge in [-0.25, -0.2) is 4.39 Å². The van der Waals surface area contributed by atoms with Crippen molar-refractivity contribution in [3.8, 4) is 6.07 Å². The maximum atomic E-state index is 13.8. The molecule has 3 aromatic rings. The summed E-state index contributed by atoms with van der Waals surface area (Å²) in [6.07, 6.45) is 8.75. The maximum Gasteiger partial charge on any atom is 0.140 e. The van der Waals surface area contributed by atoms with Gasteiger partial charge in [0.1, 0.15) is 11.6 Å². The second-order valence-corrected chi connectivity index (χ2v) is 9.39. The van der Waals surface area contributed by atoms with Crippen molar-refractivity contribution in [2.75, 3.05) is 0 Å². The topological polar surface area (TPSA) is 53.8 Å². The number of carbonyl (C=O) groups is 1. The van der Waals surface area contributed by atoms with E-state index in [1.54, 1.807) is 24.3 Å². The Balaban J connectivity index is 1.20. The lowest BCUT2D eigenvalue weighted by molar-refractivity contribution is -0.131. The fourth-order valence-electron chi connectivity index (χ4n) is 5.70. The van der Waals surface area contributed by atoms with Crippen molar-refractivity contribution in [1.82, 2.24) is 4.98 Å². The highest BCUT2D eigenvalue weighted by Gasteiger charge is 2.48. The number of Topliss-reactive ketones (excluding diaryl/α,β-unsaturated/α-hetero) is 1. The predicted molar refractivity (Wildman–Crippen MR) is 118 cm³/mol. The first-order valence-corrected chi connectivity index (χ1v) is 11.1. The molecule has 4 heteroatoms. The maximum absolute atomic E-state index is 13.8. The quantitative estimate of drug-likeness (QED) is 0.519. The van der Waals surface area contributed by atoms with Crippen LogP contribution in [0.25, 0.3) is 10.9 Å². The van der Waals surface area contributed by atoms with E-state index < -0.39 is 0 Å². The van der Waals surface area contributed by atoms with Crippen LogP contribution in [0.3, 0.4) is 0 Å². The van der Waals surface area contributed by atoms with Crippen molar-refractivity contribution in [1.29, 1.82) is 5.26 Å². The van der Waals surface area contributed by atoms with Crippen LogP contribution in [-0.2, 0) is 11.2 Å². The average Bonchev–Trinajstić information content (AvgIpc) is 2.77. The molecule has 156 valence electrons. The minimum atomic E-state index is -0.211. The van der Waals surface area contributed by atoms with Gasteiger partial charge in [0.25, 0.3) is 0 Å². The van der Waals surface area contributed by atoms with E-state index in [4.69, 9.17) is 5.26 Å². The standard InChI is InChI=1S/C27H25FN2O/c28-22-5-6-25-24(14-22)23(9-12-30-25)20-7-10-27(11-8-20)15-21(16-27)26(31)13-18-1-3-19(17-29)4-2-18/h1-6,9,12,14,20-21H,7-8,10-11,13,15-16H2. The molecule has 0 radical (unpaired) electrons. The van der Waals surface area contributed by atoms with Gasteiger partial charge in [0, 0.05) is 23.9 Å². The van der Waals surface area contributed by atoms with Crippen molar-refractivity contribution in [3.63, 3.8) is 0 Å². The molecule has 31 heavy (non-hydrogen) atoms. The van der Waals surface area contributed by atoms with E-state index in [1.807, 2.05) is 18.3 Å². The summed E-state index contributed by atoms with van der Waals surface area (Å²) >= 11 is 0. The van der Waals surface area contributed by atoms with Gasteiger partial charge in [-0.1, -0.05) is 12.1 Å². The fraction of sp³-hybridized carbons (Fsp3) is 0.370. The zero-order chi connectivity index (χ0) is 21.4. The van der Waals surface area contributed by atoms with Crippen LogP contribution in [0.4, 0.5) is 4.39 Å². The SMILES string of the molecule is N#Cc1ccc(CC(=O)C2CC3(CCC(c4ccnc5ccc(F)cc45)CC3)C2)cc1. The lowest BCUT2D eigenvalue weighted by Gasteiger charge is -2.51. The Hall–Kier alpha value is -3.06. The predicted octanol–water partition coefficient (Wildman–Crippen LogP) is 6.11. The van der Waals surface area contributed by atoms with Crippen LogP contribution in [0.1, 0.15) is 61.1 Å². The summed E-state index contributed by atoms with van der Waals surface area (Å²) in [5, 5.41) is 9.84. The lowest BCUT2D eigenvalue weighted by atomic mass is 9.53. The molecule has 0 N–H and O–H groups in total. The van der Waals surface area contributed by atoms with E-state index in [0.717, 1.165) is 55.0 Å². The van der Waals surface area contributed by atoms with Crippen LogP contribution in [0.2, 0.25) is 0 Å². The molecule has 1 heterocycles. The van der Waals surface area contributed by atoms with Crippen LogP contribution >= 0.6 is 0 Å². The van der Waals surface area contributed by atoms with Crippen LogP contribution in [-0.4, -0.2) is 10.8 Å². The summed E-state index contributed by atoms with van der Waals surface area (Å²) in [6.45, 7) is 0. The molecule has 2 aliphatic rings. The van der Waals surface area contributed by atoms with E-state index >= 15 is 0 Å². The van der Waals surface area contributed by atoms with Crippen molar-refractivity contribution in [3.05, 3.63) is 77.2 Å². The molecule has 0 aliphatic heterocycles. The van der Waals surface area contributed by atoms with Crippen molar-refractivity contribution < 1.29 is 9.18 Å². The molecule has 0 atom stereocenters. The van der Waals surface area contributed by atoms with Gasteiger partial charge < -0.3 is 0 Å². The first kappa shape index (κ1) is 19.9. The van der Waals surface area contributed by atoms with Crippen LogP contribution in [0.5, 0.6) is 0 Å². The van der Waals surface area contributed by atoms with E-state index in [9.17, 15) is 9.18 Å². The molecular formula is C27H25FN2O. The highest BCUT2D eigenvalue weighted by atomic mass is 19.1. The van der Waals surface area contributed by atoms with Crippen LogP contribution < -0.4 is 0 Å². The second-order valence-electron chi connectivity index (χ2n) is 9.39. The molecule has 0 bridgehead atoms. The van der Waals surface area contributed by atoms with Gasteiger partial charge in [-0.2, -0.15) is 5.26 Å². The minimum absolute atomic E-state index is 0.169. The number of benzene rings is 2. The highest BCUT2D eigenvalue weighted by Crippen LogP contribution is 2.57. The molecule has 0 amide bonds. The van der Waals surface area contributed by atoms with Gasteiger partial charge in [0.05, 0.1) is 17.1 Å². The van der Waals surface area contributed by atoms with E-state index in [2.05, 4.69) is 17.1 Å². The molecule has 2 saturated carbocycles. The third kappa shape index (κ3) is 3.85. The van der Waals surface area contributed by atoms with Crippen molar-refractivity contribution >= 4 is 16.7 Å². The number of ketones is 1. The van der Waals surface area contributed by atoms with Crippen molar-refractivity contribution in [2.45, 2.75) is 50.9 Å². The minimum Gasteiger partial charge on any atom is -0.299 e. The fourth-order valence-corrected chi connectivity index (χ4v) is 5.70. The summed E-state index contributed by atoms with van der Waals surface area (Å²) < 4.78 is 13.8. The van der Waals surface area contributed by atoms with Crippen LogP contribution in [0.15, 0.2) is 54.7 Å². The van der Waals surface area contributed by atoms with Gasteiger partial charge in [-0.15, -0.1) is 0 Å². The van der Waals surface area contributed by atoms with Crippen LogP contribution in [0, 0.1) is 28.5 Å². The van der Waals surface area contributed by atoms with Gasteiger partial charge >= 0.3 is 0 Å². The molecule has 5 rings (SSSR count). The van der Waals surface area contributed by atoms with E-state index in [1.165, 1.54) is 11.6 Å². The Bertz CT molecular complexity index is 1160. The Morgan fingerprint density at radius 3 is 2.55 bits per heavy atom. The first-order valence-electron chi connectivity index (χ1n) is 11.1. The first-order chi connectivity index (χ1) is 15.0. The average molecular weight is 413 g/mol. The number of rotatable bonds is 4. The van der Waals surface area contributed by atoms with E-state index in [-0.39, 0.29) is 11.7 Å². The third-order valence-corrected chi connectivity index (χ3v) is 7.50. The van der Waals surface area contributed by atoms with Gasteiger partial charge in [0.15, 0.2) is 0 Å². The monoisotopic (exact) mass is 412 g/mol. The Morgan fingerprint density at radius 2 is 1.84 bits per heavy atom. The number of pyridine rings is 1. The number of nitriles is 1. The molecular weight excluding hydrogens is 387 g/mol. The molecule has 2 fully saturated rings.